The van der Waals surface area contributed by atoms with Crippen LogP contribution < -0.4 is 9.64 Å². The summed E-state index contributed by atoms with van der Waals surface area (Å²) in [6, 6.07) is 9.26. The van der Waals surface area contributed by atoms with Crippen molar-refractivity contribution < 1.29 is 4.74 Å². The molecule has 1 fully saturated rings. The molecule has 4 rings (SSSR count). The summed E-state index contributed by atoms with van der Waals surface area (Å²) in [7, 11) is 2.15. The Kier molecular flexibility index (Phi) is 4.83. The second-order valence-electron chi connectivity index (χ2n) is 7.04. The van der Waals surface area contributed by atoms with E-state index in [9.17, 15) is 0 Å². The lowest BCUT2D eigenvalue weighted by molar-refractivity contribution is 0.213. The number of rotatable bonds is 5. The van der Waals surface area contributed by atoms with Crippen LogP contribution in [0.2, 0.25) is 0 Å². The van der Waals surface area contributed by atoms with Crippen LogP contribution in [0.5, 0.6) is 5.75 Å². The van der Waals surface area contributed by atoms with E-state index in [1.54, 1.807) is 6.33 Å². The van der Waals surface area contributed by atoms with Crippen molar-refractivity contribution in [2.75, 3.05) is 38.2 Å². The summed E-state index contributed by atoms with van der Waals surface area (Å²) in [6.45, 7) is 4.30. The molecule has 0 saturated carbocycles. The van der Waals surface area contributed by atoms with Crippen LogP contribution in [-0.2, 0) is 12.8 Å². The minimum absolute atomic E-state index is 0.572. The zero-order chi connectivity index (χ0) is 17.1. The molecule has 0 unspecified atom stereocenters. The van der Waals surface area contributed by atoms with E-state index in [0.717, 1.165) is 50.7 Å². The van der Waals surface area contributed by atoms with Gasteiger partial charge in [0.15, 0.2) is 0 Å². The fourth-order valence-electron chi connectivity index (χ4n) is 3.89. The third kappa shape index (κ3) is 3.76. The Balaban J connectivity index is 1.26. The zero-order valence-electron chi connectivity index (χ0n) is 14.9. The van der Waals surface area contributed by atoms with Crippen LogP contribution in [0, 0.1) is 0 Å². The van der Waals surface area contributed by atoms with Crippen LogP contribution in [0.3, 0.4) is 0 Å². The predicted molar refractivity (Wildman–Crippen MR) is 99.2 cm³/mol. The lowest BCUT2D eigenvalue weighted by Gasteiger charge is -2.37. The van der Waals surface area contributed by atoms with Crippen LogP contribution in [0.1, 0.15) is 24.0 Å². The number of likely N-dealkylation sites (tertiary alicyclic amines) is 1. The lowest BCUT2D eigenvalue weighted by atomic mass is 10.0. The van der Waals surface area contributed by atoms with Crippen molar-refractivity contribution in [1.82, 2.24) is 14.9 Å². The first kappa shape index (κ1) is 16.3. The molecule has 2 aromatic rings. The molecule has 5 nitrogen and oxygen atoms in total. The molecule has 0 N–H and O–H groups in total. The van der Waals surface area contributed by atoms with Crippen LogP contribution in [0.15, 0.2) is 36.8 Å². The first-order valence-corrected chi connectivity index (χ1v) is 9.25. The topological polar surface area (TPSA) is 41.5 Å². The number of benzene rings is 1. The van der Waals surface area contributed by atoms with Gasteiger partial charge in [-0.3, -0.25) is 0 Å². The van der Waals surface area contributed by atoms with E-state index in [2.05, 4.69) is 45.0 Å². The van der Waals surface area contributed by atoms with Gasteiger partial charge in [-0.15, -0.1) is 0 Å². The highest BCUT2D eigenvalue weighted by Crippen LogP contribution is 2.26. The van der Waals surface area contributed by atoms with Gasteiger partial charge in [0, 0.05) is 45.3 Å². The summed E-state index contributed by atoms with van der Waals surface area (Å²) in [4.78, 5) is 13.3. The van der Waals surface area contributed by atoms with Crippen molar-refractivity contribution >= 4 is 5.82 Å². The maximum atomic E-state index is 5.59. The molecule has 25 heavy (non-hydrogen) atoms. The van der Waals surface area contributed by atoms with Crippen molar-refractivity contribution in [2.45, 2.75) is 31.7 Å². The molecular formula is C20H26N4O. The third-order valence-electron chi connectivity index (χ3n) is 5.50. The molecular weight excluding hydrogens is 312 g/mol. The largest absolute Gasteiger partial charge is 0.493 e. The number of hydrogen-bond acceptors (Lipinski definition) is 5. The molecule has 132 valence electrons. The normalized spacial score (nSPS) is 18.0. The number of ether oxygens (including phenoxy) is 1. The van der Waals surface area contributed by atoms with Gasteiger partial charge in [-0.1, -0.05) is 12.1 Å². The van der Waals surface area contributed by atoms with E-state index in [1.165, 1.54) is 24.0 Å². The Bertz CT molecular complexity index is 698. The molecule has 5 heteroatoms. The van der Waals surface area contributed by atoms with Gasteiger partial charge >= 0.3 is 0 Å². The Hall–Kier alpha value is -2.14. The number of nitrogens with zero attached hydrogens (tertiary/aromatic N) is 4. The van der Waals surface area contributed by atoms with E-state index >= 15 is 0 Å². The average Bonchev–Trinajstić information content (AvgIpc) is 3.15. The Morgan fingerprint density at radius 3 is 2.92 bits per heavy atom. The smallest absolute Gasteiger partial charge is 0.131 e. The molecule has 0 spiro atoms. The Labute approximate surface area is 149 Å². The van der Waals surface area contributed by atoms with Crippen molar-refractivity contribution in [3.8, 4) is 5.75 Å². The number of piperidine rings is 1. The highest BCUT2D eigenvalue weighted by molar-refractivity contribution is 5.40. The summed E-state index contributed by atoms with van der Waals surface area (Å²) < 4.78 is 5.59. The summed E-state index contributed by atoms with van der Waals surface area (Å²) in [5.74, 6) is 2.10. The number of aromatic nitrogens is 2. The van der Waals surface area contributed by atoms with Gasteiger partial charge in [-0.2, -0.15) is 0 Å². The lowest BCUT2D eigenvalue weighted by Crippen LogP contribution is -2.44. The number of hydrogen-bond donors (Lipinski definition) is 0. The predicted octanol–water partition coefficient (Wildman–Crippen LogP) is 2.55. The van der Waals surface area contributed by atoms with Crippen molar-refractivity contribution in [1.29, 1.82) is 0 Å². The van der Waals surface area contributed by atoms with E-state index in [0.29, 0.717) is 6.04 Å². The molecule has 2 aliphatic rings. The van der Waals surface area contributed by atoms with Crippen molar-refractivity contribution in [3.05, 3.63) is 47.9 Å². The highest BCUT2D eigenvalue weighted by atomic mass is 16.5. The highest BCUT2D eigenvalue weighted by Gasteiger charge is 2.23. The molecule has 0 radical (unpaired) electrons. The summed E-state index contributed by atoms with van der Waals surface area (Å²) in [5, 5.41) is 0. The van der Waals surface area contributed by atoms with E-state index in [4.69, 9.17) is 4.74 Å². The second kappa shape index (κ2) is 7.40. The molecule has 1 aromatic heterocycles. The zero-order valence-corrected chi connectivity index (χ0v) is 14.9. The van der Waals surface area contributed by atoms with Gasteiger partial charge in [0.1, 0.15) is 17.9 Å². The van der Waals surface area contributed by atoms with Crippen molar-refractivity contribution in [2.24, 2.45) is 0 Å². The molecule has 1 saturated heterocycles. The fraction of sp³-hybridized carbons (Fsp3) is 0.500. The Morgan fingerprint density at radius 2 is 2.12 bits per heavy atom. The summed E-state index contributed by atoms with van der Waals surface area (Å²) in [5.41, 5.74) is 2.81. The molecule has 0 aliphatic carbocycles. The monoisotopic (exact) mass is 338 g/mol. The van der Waals surface area contributed by atoms with Gasteiger partial charge in [0.25, 0.3) is 0 Å². The van der Waals surface area contributed by atoms with Gasteiger partial charge in [0.05, 0.1) is 6.61 Å². The first-order valence-electron chi connectivity index (χ1n) is 9.25. The van der Waals surface area contributed by atoms with Crippen molar-refractivity contribution in [3.63, 3.8) is 0 Å². The van der Waals surface area contributed by atoms with Gasteiger partial charge in [-0.05, 0) is 42.5 Å². The molecule has 1 aromatic carbocycles. The SMILES string of the molecule is CN(c1ccncn1)C1CCN(CCc2ccc3c(c2)CCO3)CC1. The van der Waals surface area contributed by atoms with Gasteiger partial charge in [-0.25, -0.2) is 9.97 Å². The van der Waals surface area contributed by atoms with Gasteiger partial charge in [0.2, 0.25) is 0 Å². The van der Waals surface area contributed by atoms with Gasteiger partial charge < -0.3 is 14.5 Å². The molecule has 3 heterocycles. The molecule has 2 aliphatic heterocycles. The van der Waals surface area contributed by atoms with E-state index in [-0.39, 0.29) is 0 Å². The summed E-state index contributed by atoms with van der Waals surface area (Å²) in [6.07, 6.45) is 8.01. The second-order valence-corrected chi connectivity index (χ2v) is 7.04. The minimum atomic E-state index is 0.572. The van der Waals surface area contributed by atoms with Crippen LogP contribution in [-0.4, -0.2) is 54.2 Å². The maximum absolute atomic E-state index is 5.59. The maximum Gasteiger partial charge on any atom is 0.131 e. The Morgan fingerprint density at radius 1 is 1.24 bits per heavy atom. The van der Waals surface area contributed by atoms with E-state index < -0.39 is 0 Å². The standard InChI is InChI=1S/C20H26N4O/c1-23(20-4-9-21-15-22-20)18-6-11-24(12-7-18)10-5-16-2-3-19-17(14-16)8-13-25-19/h2-4,9,14-15,18H,5-8,10-13H2,1H3. The third-order valence-corrected chi connectivity index (χ3v) is 5.50. The van der Waals surface area contributed by atoms with Crippen LogP contribution in [0.25, 0.3) is 0 Å². The van der Waals surface area contributed by atoms with Crippen LogP contribution >= 0.6 is 0 Å². The fourth-order valence-corrected chi connectivity index (χ4v) is 3.89. The summed E-state index contributed by atoms with van der Waals surface area (Å²) >= 11 is 0. The van der Waals surface area contributed by atoms with E-state index in [1.807, 2.05) is 12.3 Å². The van der Waals surface area contributed by atoms with Crippen LogP contribution in [0.4, 0.5) is 5.82 Å². The average molecular weight is 338 g/mol. The molecule has 0 amide bonds. The number of fused-ring (bicyclic) bond motifs is 1. The molecule has 0 atom stereocenters. The number of anilines is 1. The quantitative estimate of drug-likeness (QED) is 0.838. The minimum Gasteiger partial charge on any atom is -0.493 e. The first-order chi connectivity index (χ1) is 12.3. The molecule has 0 bridgehead atoms.